The van der Waals surface area contributed by atoms with Gasteiger partial charge in [0.2, 0.25) is 0 Å². The van der Waals surface area contributed by atoms with Gasteiger partial charge in [0.05, 0.1) is 0 Å². The van der Waals surface area contributed by atoms with Gasteiger partial charge in [0.25, 0.3) is 0 Å². The van der Waals surface area contributed by atoms with Crippen molar-refractivity contribution in [2.45, 2.75) is 0 Å². The molecule has 0 atom stereocenters. The summed E-state index contributed by atoms with van der Waals surface area (Å²) in [7, 11) is 0. The van der Waals surface area contributed by atoms with E-state index in [1.165, 1.54) is 0 Å². The predicted molar refractivity (Wildman–Crippen MR) is 8.54 cm³/mol. The second kappa shape index (κ2) is 15.7. The minimum atomic E-state index is 0. The summed E-state index contributed by atoms with van der Waals surface area (Å²) in [5.41, 5.74) is 0. The van der Waals surface area contributed by atoms with Crippen molar-refractivity contribution in [1.82, 2.24) is 0 Å². The molecular formula is H2Ce3Sn. The Labute approximate surface area is 144 Å². The van der Waals surface area contributed by atoms with Gasteiger partial charge < -0.3 is 0 Å². The fraction of sp³-hybridized carbons (Fsp3) is 0. The summed E-state index contributed by atoms with van der Waals surface area (Å²) >= 11 is 0. The molecule has 0 unspecified atom stereocenters. The SMILES string of the molecule is [Ce].[Ce].[Ce].[SnH2]. The molecular weight excluding hydrogens is 539 g/mol. The Hall–Kier alpha value is 4.93. The summed E-state index contributed by atoms with van der Waals surface area (Å²) in [6.45, 7) is 0. The molecule has 0 spiro atoms. The van der Waals surface area contributed by atoms with E-state index in [9.17, 15) is 0 Å². The molecule has 0 heterocycles. The van der Waals surface area contributed by atoms with E-state index < -0.39 is 0 Å². The predicted octanol–water partition coefficient (Wildman–Crippen LogP) is -0.916. The molecule has 0 rings (SSSR count). The molecule has 0 fully saturated rings. The van der Waals surface area contributed by atoms with Crippen molar-refractivity contribution in [2.75, 3.05) is 0 Å². The van der Waals surface area contributed by atoms with E-state index in [1.807, 2.05) is 0 Å². The zero-order valence-electron chi connectivity index (χ0n) is 2.21. The van der Waals surface area contributed by atoms with Gasteiger partial charge >= 0.3 is 23.9 Å². The molecule has 4 heteroatoms. The van der Waals surface area contributed by atoms with Crippen molar-refractivity contribution < 1.29 is 125 Å². The molecule has 0 aliphatic heterocycles. The third-order valence-electron chi connectivity index (χ3n) is 0. The average molecular weight is 541 g/mol. The van der Waals surface area contributed by atoms with Gasteiger partial charge in [0.1, 0.15) is 0 Å². The molecule has 0 bridgehead atoms. The maximum absolute atomic E-state index is 0. The third kappa shape index (κ3) is 10.0. The van der Waals surface area contributed by atoms with Crippen LogP contribution in [0.4, 0.5) is 0 Å². The first-order chi connectivity index (χ1) is 0. The molecule has 0 amide bonds. The second-order valence-electron chi connectivity index (χ2n) is 0. The van der Waals surface area contributed by atoms with Crippen LogP contribution in [0.3, 0.4) is 0 Å². The van der Waals surface area contributed by atoms with Crippen LogP contribution < -0.4 is 0 Å². The molecule has 0 saturated carbocycles. The van der Waals surface area contributed by atoms with Crippen molar-refractivity contribution in [3.8, 4) is 0 Å². The van der Waals surface area contributed by atoms with Crippen molar-refractivity contribution in [2.24, 2.45) is 0 Å². The van der Waals surface area contributed by atoms with Gasteiger partial charge in [0.15, 0.2) is 0 Å². The number of hydrogen-bond acceptors (Lipinski definition) is 0. The van der Waals surface area contributed by atoms with Crippen LogP contribution in [0.5, 0.6) is 0 Å². The fourth-order valence-corrected chi connectivity index (χ4v) is 0. The first kappa shape index (κ1) is 23.1. The summed E-state index contributed by atoms with van der Waals surface area (Å²) < 4.78 is 0. The Morgan fingerprint density at radius 1 is 0.500 bits per heavy atom. The van der Waals surface area contributed by atoms with E-state index in [0.29, 0.717) is 0 Å². The van der Waals surface area contributed by atoms with Gasteiger partial charge in [-0.25, -0.2) is 0 Å². The topological polar surface area (TPSA) is 0 Å². The van der Waals surface area contributed by atoms with Crippen LogP contribution in [-0.2, 0) is 0 Å². The zero-order valence-corrected chi connectivity index (χ0v) is 15.7. The molecule has 2 radical (unpaired) electrons. The van der Waals surface area contributed by atoms with Gasteiger partial charge in [-0.05, 0) is 0 Å². The Balaban J connectivity index is 0. The van der Waals surface area contributed by atoms with Crippen molar-refractivity contribution in [3.63, 3.8) is 0 Å². The maximum atomic E-state index is 0. The van der Waals surface area contributed by atoms with Gasteiger partial charge in [-0.1, -0.05) is 0 Å². The van der Waals surface area contributed by atoms with E-state index in [2.05, 4.69) is 0 Å². The van der Waals surface area contributed by atoms with Gasteiger partial charge in [0, 0.05) is 125 Å². The van der Waals surface area contributed by atoms with E-state index in [1.54, 1.807) is 0 Å². The van der Waals surface area contributed by atoms with Crippen LogP contribution in [0, 0.1) is 125 Å². The summed E-state index contributed by atoms with van der Waals surface area (Å²) in [5.74, 6) is 0. The standard InChI is InChI=1S/3Ce.Sn.2H. The molecule has 0 nitrogen and oxygen atoms in total. The van der Waals surface area contributed by atoms with E-state index in [4.69, 9.17) is 0 Å². The van der Waals surface area contributed by atoms with Crippen LogP contribution in [0.1, 0.15) is 0 Å². The Kier molecular flexibility index (Phi) is 90.5. The summed E-state index contributed by atoms with van der Waals surface area (Å²) in [6.07, 6.45) is 0. The van der Waals surface area contributed by atoms with Crippen LogP contribution in [-0.4, -0.2) is 23.9 Å². The van der Waals surface area contributed by atoms with E-state index >= 15 is 0 Å². The fourth-order valence-electron chi connectivity index (χ4n) is 0. The van der Waals surface area contributed by atoms with Crippen molar-refractivity contribution in [1.29, 1.82) is 0 Å². The van der Waals surface area contributed by atoms with Crippen LogP contribution >= 0.6 is 0 Å². The molecule has 0 aliphatic carbocycles. The van der Waals surface area contributed by atoms with Crippen LogP contribution in [0.15, 0.2) is 0 Å². The number of rotatable bonds is 0. The molecule has 4 heavy (non-hydrogen) atoms. The third-order valence-corrected chi connectivity index (χ3v) is 0. The zero-order chi connectivity index (χ0) is 0. The minimum absolute atomic E-state index is 0. The second-order valence-corrected chi connectivity index (χ2v) is 0. The molecule has 0 aromatic rings. The first-order valence-electron chi connectivity index (χ1n) is 0. The Morgan fingerprint density at radius 2 is 0.500 bits per heavy atom. The number of hydrogen-bond donors (Lipinski definition) is 0. The quantitative estimate of drug-likeness (QED) is 0.349. The molecule has 0 aromatic carbocycles. The normalized spacial score (nSPS) is 0. The van der Waals surface area contributed by atoms with Gasteiger partial charge in [-0.15, -0.1) is 0 Å². The summed E-state index contributed by atoms with van der Waals surface area (Å²) in [5, 5.41) is 0. The molecule has 0 aromatic heterocycles. The van der Waals surface area contributed by atoms with E-state index in [0.717, 1.165) is 0 Å². The molecule has 0 aliphatic rings. The van der Waals surface area contributed by atoms with Crippen LogP contribution in [0.25, 0.3) is 0 Å². The van der Waals surface area contributed by atoms with Gasteiger partial charge in [-0.3, -0.25) is 0 Å². The van der Waals surface area contributed by atoms with Gasteiger partial charge in [-0.2, -0.15) is 0 Å². The first-order valence-corrected chi connectivity index (χ1v) is 0. The molecule has 0 saturated heterocycles. The molecule has 18 valence electrons. The van der Waals surface area contributed by atoms with Crippen molar-refractivity contribution in [3.05, 3.63) is 0 Å². The summed E-state index contributed by atoms with van der Waals surface area (Å²) in [4.78, 5) is 0. The van der Waals surface area contributed by atoms with Crippen molar-refractivity contribution >= 4 is 23.9 Å². The average Bonchev–Trinajstić information content (AvgIpc) is 0. The van der Waals surface area contributed by atoms with Crippen LogP contribution in [0.2, 0.25) is 0 Å². The summed E-state index contributed by atoms with van der Waals surface area (Å²) in [6, 6.07) is 0. The Bertz CT molecular complexity index is 3.25. The Morgan fingerprint density at radius 3 is 0.500 bits per heavy atom. The van der Waals surface area contributed by atoms with E-state index in [-0.39, 0.29) is 149 Å². The molecule has 0 N–H and O–H groups in total. The monoisotopic (exact) mass is 542 g/mol.